The van der Waals surface area contributed by atoms with Crippen molar-refractivity contribution in [1.82, 2.24) is 20.2 Å². The van der Waals surface area contributed by atoms with Crippen molar-refractivity contribution in [3.63, 3.8) is 0 Å². The van der Waals surface area contributed by atoms with Crippen molar-refractivity contribution in [3.8, 4) is 10.4 Å². The van der Waals surface area contributed by atoms with Crippen molar-refractivity contribution in [2.75, 3.05) is 5.75 Å². The first-order chi connectivity index (χ1) is 11.9. The lowest BCUT2D eigenvalue weighted by Gasteiger charge is -2.01. The highest BCUT2D eigenvalue weighted by Crippen LogP contribution is 2.36. The summed E-state index contributed by atoms with van der Waals surface area (Å²) in [5.74, 6) is 1.04. The fourth-order valence-electron chi connectivity index (χ4n) is 2.55. The van der Waals surface area contributed by atoms with Crippen molar-refractivity contribution in [3.05, 3.63) is 60.7 Å². The largest absolute Gasteiger partial charge is 0.285 e. The quantitative estimate of drug-likeness (QED) is 0.307. The Balaban J connectivity index is 1.50. The Morgan fingerprint density at radius 1 is 1.12 bits per heavy atom. The normalized spacial score (nSPS) is 11.2. The van der Waals surface area contributed by atoms with Crippen LogP contribution in [0.1, 0.15) is 12.0 Å². The molecule has 0 spiro atoms. The number of nitrogens with one attached hydrogen (secondary N) is 1. The Hall–Kier alpha value is -2.18. The number of H-pyrrole nitrogens is 1. The second-order valence-corrected chi connectivity index (χ2v) is 7.55. The van der Waals surface area contributed by atoms with Crippen molar-refractivity contribution in [1.29, 1.82) is 0 Å². The molecule has 4 rings (SSSR count). The predicted octanol–water partition coefficient (Wildman–Crippen LogP) is 4.81. The number of hydrogen-bond acceptors (Lipinski definition) is 5. The van der Waals surface area contributed by atoms with Gasteiger partial charge in [0.25, 0.3) is 0 Å². The summed E-state index contributed by atoms with van der Waals surface area (Å²) in [5.41, 5.74) is 2.49. The molecule has 1 aromatic carbocycles. The van der Waals surface area contributed by atoms with E-state index in [0.29, 0.717) is 0 Å². The molecule has 4 aromatic rings. The third-order valence-electron chi connectivity index (χ3n) is 3.75. The number of aryl methyl sites for hydroxylation is 1. The summed E-state index contributed by atoms with van der Waals surface area (Å²) >= 11 is 3.53. The number of rotatable bonds is 6. The van der Waals surface area contributed by atoms with Crippen LogP contribution in [0.5, 0.6) is 0 Å². The van der Waals surface area contributed by atoms with Gasteiger partial charge in [-0.2, -0.15) is 5.10 Å². The van der Waals surface area contributed by atoms with Gasteiger partial charge < -0.3 is 0 Å². The van der Waals surface area contributed by atoms with Gasteiger partial charge in [0, 0.05) is 16.5 Å². The summed E-state index contributed by atoms with van der Waals surface area (Å²) in [6.07, 6.45) is 7.66. The number of aromatic amines is 1. The molecule has 6 heteroatoms. The zero-order valence-corrected chi connectivity index (χ0v) is 14.6. The smallest absolute Gasteiger partial charge is 0.128 e. The second kappa shape index (κ2) is 7.15. The van der Waals surface area contributed by atoms with Gasteiger partial charge in [-0.3, -0.25) is 5.10 Å². The van der Waals surface area contributed by atoms with Crippen LogP contribution in [-0.4, -0.2) is 25.9 Å². The molecule has 1 N–H and O–H groups in total. The minimum Gasteiger partial charge on any atom is -0.285 e. The first-order valence-electron chi connectivity index (χ1n) is 7.80. The molecule has 3 aromatic heterocycles. The summed E-state index contributed by atoms with van der Waals surface area (Å²) in [4.78, 5) is 11.2. The first-order valence-corrected chi connectivity index (χ1v) is 9.61. The highest BCUT2D eigenvalue weighted by molar-refractivity contribution is 7.99. The van der Waals surface area contributed by atoms with Crippen molar-refractivity contribution >= 4 is 33.3 Å². The van der Waals surface area contributed by atoms with Crippen molar-refractivity contribution < 1.29 is 0 Å². The number of thiophene rings is 1. The van der Waals surface area contributed by atoms with E-state index in [4.69, 9.17) is 0 Å². The van der Waals surface area contributed by atoms with Gasteiger partial charge in [-0.15, -0.1) is 23.1 Å². The summed E-state index contributed by atoms with van der Waals surface area (Å²) in [7, 11) is 0. The number of fused-ring (bicyclic) bond motifs is 1. The van der Waals surface area contributed by atoms with E-state index in [0.717, 1.165) is 33.8 Å². The molecule has 4 nitrogen and oxygen atoms in total. The molecule has 0 atom stereocenters. The molecule has 24 heavy (non-hydrogen) atoms. The molecular formula is C18H16N4S2. The van der Waals surface area contributed by atoms with Crippen LogP contribution >= 0.6 is 23.1 Å². The zero-order valence-electron chi connectivity index (χ0n) is 13.0. The van der Waals surface area contributed by atoms with Crippen molar-refractivity contribution in [2.45, 2.75) is 17.9 Å². The molecule has 3 heterocycles. The SMILES string of the molecule is c1ccc(-c2cc3c(SCCCc4cn[nH]c4)ncnc3s2)cc1. The topological polar surface area (TPSA) is 54.5 Å². The van der Waals surface area contributed by atoms with E-state index in [1.54, 1.807) is 29.4 Å². The summed E-state index contributed by atoms with van der Waals surface area (Å²) < 4.78 is 0. The molecule has 0 saturated carbocycles. The number of hydrogen-bond donors (Lipinski definition) is 1. The second-order valence-electron chi connectivity index (χ2n) is 5.43. The third kappa shape index (κ3) is 3.34. The Morgan fingerprint density at radius 2 is 2.04 bits per heavy atom. The number of benzene rings is 1. The number of thioether (sulfide) groups is 1. The third-order valence-corrected chi connectivity index (χ3v) is 5.94. The van der Waals surface area contributed by atoms with Gasteiger partial charge in [-0.1, -0.05) is 30.3 Å². The minimum absolute atomic E-state index is 1.04. The maximum Gasteiger partial charge on any atom is 0.128 e. The molecule has 0 aliphatic rings. The van der Waals surface area contributed by atoms with Crippen molar-refractivity contribution in [2.24, 2.45) is 0 Å². The summed E-state index contributed by atoms with van der Waals surface area (Å²) in [5, 5.41) is 9.07. The molecule has 0 bridgehead atoms. The van der Waals surface area contributed by atoms with E-state index in [-0.39, 0.29) is 0 Å². The molecule has 0 aliphatic heterocycles. The Morgan fingerprint density at radius 3 is 2.88 bits per heavy atom. The molecule has 0 fully saturated rings. The van der Waals surface area contributed by atoms with Gasteiger partial charge in [0.15, 0.2) is 0 Å². The van der Waals surface area contributed by atoms with Gasteiger partial charge in [-0.05, 0) is 35.8 Å². The van der Waals surface area contributed by atoms with E-state index >= 15 is 0 Å². The van der Waals surface area contributed by atoms with E-state index < -0.39 is 0 Å². The van der Waals surface area contributed by atoms with E-state index in [1.165, 1.54) is 16.0 Å². The van der Waals surface area contributed by atoms with Crippen LogP contribution in [0.2, 0.25) is 0 Å². The first kappa shape index (κ1) is 15.4. The lowest BCUT2D eigenvalue weighted by atomic mass is 10.2. The lowest BCUT2D eigenvalue weighted by Crippen LogP contribution is -1.88. The Bertz CT molecular complexity index is 917. The Labute approximate surface area is 148 Å². The average Bonchev–Trinajstić information content (AvgIpc) is 3.29. The lowest BCUT2D eigenvalue weighted by molar-refractivity contribution is 0.932. The standard InChI is InChI=1S/C18H16N4S2/c1-2-6-14(7-3-1)16-9-15-17(19-12-20-18(15)24-16)23-8-4-5-13-10-21-22-11-13/h1-3,6-7,9-12H,4-5,8H2,(H,21,22). The van der Waals surface area contributed by atoms with E-state index in [2.05, 4.69) is 50.5 Å². The fraction of sp³-hybridized carbons (Fsp3) is 0.167. The highest BCUT2D eigenvalue weighted by atomic mass is 32.2. The summed E-state index contributed by atoms with van der Waals surface area (Å²) in [6, 6.07) is 12.7. The van der Waals surface area contributed by atoms with E-state index in [9.17, 15) is 0 Å². The fourth-order valence-corrected chi connectivity index (χ4v) is 4.54. The van der Waals surface area contributed by atoms with Crippen LogP contribution in [-0.2, 0) is 6.42 Å². The van der Waals surface area contributed by atoms with Crippen LogP contribution in [0.4, 0.5) is 0 Å². The predicted molar refractivity (Wildman–Crippen MR) is 100 cm³/mol. The zero-order chi connectivity index (χ0) is 16.2. The van der Waals surface area contributed by atoms with Crippen LogP contribution in [0.15, 0.2) is 60.1 Å². The monoisotopic (exact) mass is 352 g/mol. The van der Waals surface area contributed by atoms with Gasteiger partial charge >= 0.3 is 0 Å². The minimum atomic E-state index is 1.04. The number of nitrogens with zero attached hydrogens (tertiary/aromatic N) is 3. The van der Waals surface area contributed by atoms with Gasteiger partial charge in [0.2, 0.25) is 0 Å². The molecule has 0 unspecified atom stereocenters. The molecule has 0 radical (unpaired) electrons. The van der Waals surface area contributed by atoms with Crippen LogP contribution in [0.3, 0.4) is 0 Å². The molecule has 0 amide bonds. The molecular weight excluding hydrogens is 336 g/mol. The molecule has 0 aliphatic carbocycles. The van der Waals surface area contributed by atoms with Gasteiger partial charge in [0.1, 0.15) is 16.2 Å². The molecule has 0 saturated heterocycles. The Kier molecular flexibility index (Phi) is 4.57. The van der Waals surface area contributed by atoms with Gasteiger partial charge in [-0.25, -0.2) is 9.97 Å². The van der Waals surface area contributed by atoms with Crippen LogP contribution in [0, 0.1) is 0 Å². The summed E-state index contributed by atoms with van der Waals surface area (Å²) in [6.45, 7) is 0. The van der Waals surface area contributed by atoms with Gasteiger partial charge in [0.05, 0.1) is 6.20 Å². The average molecular weight is 352 g/mol. The van der Waals surface area contributed by atoms with Crippen LogP contribution in [0.25, 0.3) is 20.7 Å². The maximum atomic E-state index is 4.49. The van der Waals surface area contributed by atoms with Crippen LogP contribution < -0.4 is 0 Å². The maximum absolute atomic E-state index is 4.49. The van der Waals surface area contributed by atoms with E-state index in [1.807, 2.05) is 18.5 Å². The highest BCUT2D eigenvalue weighted by Gasteiger charge is 2.10. The molecule has 120 valence electrons. The number of aromatic nitrogens is 4.